The average molecular weight is 314 g/mol. The van der Waals surface area contributed by atoms with Gasteiger partial charge in [0, 0.05) is 37.8 Å². The number of halogens is 3. The predicted molar refractivity (Wildman–Crippen MR) is 79.9 cm³/mol. The van der Waals surface area contributed by atoms with Gasteiger partial charge < -0.3 is 9.80 Å². The molecular formula is C16H21F3N2O. The molecule has 0 N–H and O–H groups in total. The van der Waals surface area contributed by atoms with E-state index in [1.807, 2.05) is 38.1 Å². The highest BCUT2D eigenvalue weighted by molar-refractivity contribution is 5.77. The fourth-order valence-electron chi connectivity index (χ4n) is 2.71. The fourth-order valence-corrected chi connectivity index (χ4v) is 2.71. The summed E-state index contributed by atoms with van der Waals surface area (Å²) in [6, 6.07) is 8.03. The van der Waals surface area contributed by atoms with E-state index in [2.05, 4.69) is 4.90 Å². The number of alkyl halides is 3. The third kappa shape index (κ3) is 4.39. The quantitative estimate of drug-likeness (QED) is 0.854. The third-order valence-electron chi connectivity index (χ3n) is 3.97. The van der Waals surface area contributed by atoms with E-state index >= 15 is 0 Å². The lowest BCUT2D eigenvalue weighted by atomic mass is 10.1. The Morgan fingerprint density at radius 3 is 2.41 bits per heavy atom. The summed E-state index contributed by atoms with van der Waals surface area (Å²) < 4.78 is 36.7. The van der Waals surface area contributed by atoms with E-state index in [1.165, 1.54) is 5.56 Å². The van der Waals surface area contributed by atoms with Gasteiger partial charge >= 0.3 is 6.18 Å². The van der Waals surface area contributed by atoms with Gasteiger partial charge in [-0.3, -0.25) is 4.79 Å². The first-order valence-electron chi connectivity index (χ1n) is 7.44. The number of aryl methyl sites for hydroxylation is 1. The van der Waals surface area contributed by atoms with Crippen molar-refractivity contribution in [3.8, 4) is 0 Å². The zero-order chi connectivity index (χ0) is 16.3. The second-order valence-electron chi connectivity index (χ2n) is 5.83. The van der Waals surface area contributed by atoms with Crippen molar-refractivity contribution >= 4 is 11.6 Å². The lowest BCUT2D eigenvalue weighted by molar-refractivity contribution is -0.150. The van der Waals surface area contributed by atoms with Crippen LogP contribution in [0.5, 0.6) is 0 Å². The Hall–Kier alpha value is -1.72. The van der Waals surface area contributed by atoms with Crippen molar-refractivity contribution in [2.24, 2.45) is 0 Å². The summed E-state index contributed by atoms with van der Waals surface area (Å²) in [6.45, 7) is 5.65. The highest BCUT2D eigenvalue weighted by Gasteiger charge is 2.32. The first-order valence-corrected chi connectivity index (χ1v) is 7.44. The predicted octanol–water partition coefficient (Wildman–Crippen LogP) is 3.37. The molecule has 122 valence electrons. The Morgan fingerprint density at radius 1 is 1.23 bits per heavy atom. The summed E-state index contributed by atoms with van der Waals surface area (Å²) in [7, 11) is 0. The Kier molecular flexibility index (Phi) is 4.98. The van der Waals surface area contributed by atoms with E-state index in [0.29, 0.717) is 19.6 Å². The molecule has 0 aliphatic carbocycles. The van der Waals surface area contributed by atoms with Gasteiger partial charge in [0.2, 0.25) is 5.91 Å². The maximum atomic E-state index is 12.2. The maximum Gasteiger partial charge on any atom is 0.389 e. The second kappa shape index (κ2) is 6.58. The van der Waals surface area contributed by atoms with Gasteiger partial charge in [-0.15, -0.1) is 0 Å². The Morgan fingerprint density at radius 2 is 1.86 bits per heavy atom. The molecule has 1 heterocycles. The van der Waals surface area contributed by atoms with Crippen molar-refractivity contribution < 1.29 is 18.0 Å². The lowest BCUT2D eigenvalue weighted by Crippen LogP contribution is -2.54. The van der Waals surface area contributed by atoms with E-state index in [4.69, 9.17) is 0 Å². The number of nitrogens with zero attached hydrogens (tertiary/aromatic N) is 2. The topological polar surface area (TPSA) is 23.6 Å². The molecule has 2 rings (SSSR count). The van der Waals surface area contributed by atoms with Gasteiger partial charge in [0.1, 0.15) is 0 Å². The summed E-state index contributed by atoms with van der Waals surface area (Å²) in [5.41, 5.74) is 2.26. The van der Waals surface area contributed by atoms with E-state index in [0.717, 1.165) is 5.69 Å². The molecule has 1 amide bonds. The molecule has 0 aromatic heterocycles. The van der Waals surface area contributed by atoms with Crippen LogP contribution in [-0.4, -0.2) is 42.7 Å². The summed E-state index contributed by atoms with van der Waals surface area (Å²) in [6.07, 6.45) is -5.78. The van der Waals surface area contributed by atoms with Crippen molar-refractivity contribution in [3.63, 3.8) is 0 Å². The van der Waals surface area contributed by atoms with Crippen molar-refractivity contribution in [1.82, 2.24) is 4.90 Å². The molecule has 1 atom stereocenters. The number of carbonyl (C=O) groups is 1. The lowest BCUT2D eigenvalue weighted by Gasteiger charge is -2.41. The van der Waals surface area contributed by atoms with Crippen LogP contribution in [-0.2, 0) is 4.79 Å². The van der Waals surface area contributed by atoms with Gasteiger partial charge in [-0.25, -0.2) is 0 Å². The number of carbonyl (C=O) groups excluding carboxylic acids is 1. The number of amides is 1. The van der Waals surface area contributed by atoms with Crippen molar-refractivity contribution in [1.29, 1.82) is 0 Å². The molecule has 1 aliphatic rings. The first kappa shape index (κ1) is 16.6. The van der Waals surface area contributed by atoms with E-state index in [-0.39, 0.29) is 6.04 Å². The van der Waals surface area contributed by atoms with Crippen LogP contribution in [0.25, 0.3) is 0 Å². The summed E-state index contributed by atoms with van der Waals surface area (Å²) in [5, 5.41) is 0. The molecule has 0 unspecified atom stereocenters. The van der Waals surface area contributed by atoms with Crippen molar-refractivity contribution in [2.75, 3.05) is 24.5 Å². The van der Waals surface area contributed by atoms with Crippen molar-refractivity contribution in [3.05, 3.63) is 29.8 Å². The molecule has 0 bridgehead atoms. The van der Waals surface area contributed by atoms with E-state index in [9.17, 15) is 18.0 Å². The molecule has 3 nitrogen and oxygen atoms in total. The smallest absolute Gasteiger partial charge is 0.368 e. The van der Waals surface area contributed by atoms with Gasteiger partial charge in [-0.05, 0) is 26.0 Å². The number of anilines is 1. The number of hydrogen-bond acceptors (Lipinski definition) is 2. The molecule has 22 heavy (non-hydrogen) atoms. The molecule has 1 aliphatic heterocycles. The maximum absolute atomic E-state index is 12.2. The Labute approximate surface area is 128 Å². The molecular weight excluding hydrogens is 293 g/mol. The molecule has 1 fully saturated rings. The Balaban J connectivity index is 1.92. The van der Waals surface area contributed by atoms with Gasteiger partial charge in [0.25, 0.3) is 0 Å². The summed E-state index contributed by atoms with van der Waals surface area (Å²) in [4.78, 5) is 15.7. The number of benzene rings is 1. The zero-order valence-electron chi connectivity index (χ0n) is 12.9. The molecule has 1 aromatic carbocycles. The normalized spacial score (nSPS) is 19.4. The van der Waals surface area contributed by atoms with E-state index < -0.39 is 24.9 Å². The highest BCUT2D eigenvalue weighted by Crippen LogP contribution is 2.24. The average Bonchev–Trinajstić information content (AvgIpc) is 2.44. The van der Waals surface area contributed by atoms with Crippen LogP contribution in [0.4, 0.5) is 18.9 Å². The van der Waals surface area contributed by atoms with Gasteiger partial charge in [0.05, 0.1) is 6.42 Å². The molecule has 1 saturated heterocycles. The molecule has 0 radical (unpaired) electrons. The van der Waals surface area contributed by atoms with Crippen LogP contribution >= 0.6 is 0 Å². The van der Waals surface area contributed by atoms with Gasteiger partial charge in [-0.1, -0.05) is 17.7 Å². The summed E-state index contributed by atoms with van der Waals surface area (Å²) in [5.74, 6) is -0.409. The minimum absolute atomic E-state index is 0.0872. The van der Waals surface area contributed by atoms with Crippen LogP contribution < -0.4 is 4.90 Å². The van der Waals surface area contributed by atoms with E-state index in [1.54, 1.807) is 4.90 Å². The molecule has 1 aromatic rings. The highest BCUT2D eigenvalue weighted by atomic mass is 19.4. The monoisotopic (exact) mass is 314 g/mol. The summed E-state index contributed by atoms with van der Waals surface area (Å²) >= 11 is 0. The number of rotatable bonds is 3. The van der Waals surface area contributed by atoms with Gasteiger partial charge in [-0.2, -0.15) is 13.2 Å². The molecule has 0 saturated carbocycles. The minimum Gasteiger partial charge on any atom is -0.368 e. The van der Waals surface area contributed by atoms with Crippen molar-refractivity contribution in [2.45, 2.75) is 38.9 Å². The van der Waals surface area contributed by atoms with Crippen LogP contribution in [0, 0.1) is 6.92 Å². The largest absolute Gasteiger partial charge is 0.389 e. The number of piperazine rings is 1. The first-order chi connectivity index (χ1) is 10.3. The number of hydrogen-bond donors (Lipinski definition) is 0. The minimum atomic E-state index is -4.28. The second-order valence-corrected chi connectivity index (χ2v) is 5.83. The van der Waals surface area contributed by atoms with Crippen LogP contribution in [0.3, 0.4) is 0 Å². The zero-order valence-corrected chi connectivity index (χ0v) is 12.9. The Bertz CT molecular complexity index is 513. The fraction of sp³-hybridized carbons (Fsp3) is 0.562. The molecule has 6 heteroatoms. The molecule has 0 spiro atoms. The standard InChI is InChI=1S/C16H21F3N2O/c1-12-3-5-14(6-4-12)20-9-10-21(13(2)11-20)15(22)7-8-16(17,18)19/h3-6,13H,7-11H2,1-2H3/t13-/m0/s1. The SMILES string of the molecule is Cc1ccc(N2CCN(C(=O)CCC(F)(F)F)[C@@H](C)C2)cc1. The third-order valence-corrected chi connectivity index (χ3v) is 3.97. The van der Waals surface area contributed by atoms with Crippen LogP contribution in [0.15, 0.2) is 24.3 Å². The van der Waals surface area contributed by atoms with Crippen LogP contribution in [0.2, 0.25) is 0 Å². The van der Waals surface area contributed by atoms with Crippen LogP contribution in [0.1, 0.15) is 25.3 Å². The van der Waals surface area contributed by atoms with Gasteiger partial charge in [0.15, 0.2) is 0 Å².